The average Bonchev–Trinajstić information content (AvgIpc) is 2.51. The molecule has 0 fully saturated rings. The molecule has 86 valence electrons. The van der Waals surface area contributed by atoms with Gasteiger partial charge in [-0.2, -0.15) is 4.74 Å². The van der Waals surface area contributed by atoms with Gasteiger partial charge in [0.1, 0.15) is 11.2 Å². The smallest absolute Gasteiger partial charge is 0.287 e. The van der Waals surface area contributed by atoms with Crippen LogP contribution in [0.3, 0.4) is 0 Å². The first-order valence-electron chi connectivity index (χ1n) is 4.94. The Morgan fingerprint density at radius 3 is 2.53 bits per heavy atom. The van der Waals surface area contributed by atoms with Crippen molar-refractivity contribution in [1.82, 2.24) is 4.74 Å². The summed E-state index contributed by atoms with van der Waals surface area (Å²) in [4.78, 5) is 11.7. The molecule has 5 heteroatoms. The van der Waals surface area contributed by atoms with Gasteiger partial charge in [-0.15, -0.1) is 0 Å². The zero-order valence-corrected chi connectivity index (χ0v) is 12.1. The van der Waals surface area contributed by atoms with Crippen LogP contribution in [0.25, 0.3) is 0 Å². The second kappa shape index (κ2) is 5.89. The van der Waals surface area contributed by atoms with Gasteiger partial charge < -0.3 is 4.52 Å². The number of aromatic nitrogens is 1. The van der Waals surface area contributed by atoms with Crippen molar-refractivity contribution in [2.75, 3.05) is 0 Å². The first-order chi connectivity index (χ1) is 7.10. The highest BCUT2D eigenvalue weighted by Gasteiger charge is 2.15. The van der Waals surface area contributed by atoms with E-state index in [2.05, 4.69) is 45.7 Å². The van der Waals surface area contributed by atoms with Gasteiger partial charge in [0, 0.05) is 11.8 Å². The van der Waals surface area contributed by atoms with Crippen LogP contribution in [0.1, 0.15) is 31.6 Å². The Morgan fingerprint density at radius 1 is 1.40 bits per heavy atom. The molecule has 0 aliphatic carbocycles. The molecule has 1 heterocycles. The molecule has 0 atom stereocenters. The fourth-order valence-corrected chi connectivity index (χ4v) is 2.21. The van der Waals surface area contributed by atoms with Gasteiger partial charge >= 0.3 is 0 Å². The van der Waals surface area contributed by atoms with Crippen LogP contribution in [-0.4, -0.2) is 4.74 Å². The van der Waals surface area contributed by atoms with Gasteiger partial charge in [-0.3, -0.25) is 4.79 Å². The second-order valence-electron chi connectivity index (χ2n) is 3.86. The maximum absolute atomic E-state index is 11.7. The molecule has 0 aromatic carbocycles. The molecule has 0 amide bonds. The predicted octanol–water partition coefficient (Wildman–Crippen LogP) is 3.28. The molecule has 1 aromatic rings. The van der Waals surface area contributed by atoms with Gasteiger partial charge in [0.15, 0.2) is 0 Å². The zero-order valence-electron chi connectivity index (χ0n) is 8.93. The number of hydrogen-bond acceptors (Lipinski definition) is 2. The predicted molar refractivity (Wildman–Crippen MR) is 67.7 cm³/mol. The van der Waals surface area contributed by atoms with Crippen molar-refractivity contribution in [2.45, 2.75) is 37.5 Å². The Kier molecular flexibility index (Phi) is 5.12. The van der Waals surface area contributed by atoms with Crippen molar-refractivity contribution in [2.24, 2.45) is 5.92 Å². The lowest BCUT2D eigenvalue weighted by Gasteiger charge is -2.01. The fourth-order valence-electron chi connectivity index (χ4n) is 1.33. The summed E-state index contributed by atoms with van der Waals surface area (Å²) in [5, 5.41) is 0.558. The van der Waals surface area contributed by atoms with E-state index < -0.39 is 0 Å². The van der Waals surface area contributed by atoms with E-state index in [0.717, 1.165) is 24.2 Å². The number of rotatable bonds is 5. The highest BCUT2D eigenvalue weighted by atomic mass is 79.9. The van der Waals surface area contributed by atoms with Crippen molar-refractivity contribution >= 4 is 31.9 Å². The minimum Gasteiger partial charge on any atom is -0.380 e. The molecule has 0 saturated heterocycles. The van der Waals surface area contributed by atoms with E-state index in [9.17, 15) is 4.79 Å². The van der Waals surface area contributed by atoms with E-state index in [1.54, 1.807) is 0 Å². The molecular weight excluding hydrogens is 326 g/mol. The quantitative estimate of drug-likeness (QED) is 0.771. The summed E-state index contributed by atoms with van der Waals surface area (Å²) in [6.45, 7) is 4.32. The zero-order chi connectivity index (χ0) is 11.4. The molecule has 0 aliphatic heterocycles. The molecule has 0 saturated carbocycles. The number of aryl methyl sites for hydroxylation is 1. The number of hydrogen-bond donors (Lipinski definition) is 0. The van der Waals surface area contributed by atoms with Gasteiger partial charge in [0.25, 0.3) is 5.56 Å². The minimum atomic E-state index is -0.0393. The molecule has 0 bridgehead atoms. The minimum absolute atomic E-state index is 0.0393. The van der Waals surface area contributed by atoms with Crippen molar-refractivity contribution in [1.29, 1.82) is 0 Å². The van der Waals surface area contributed by atoms with Crippen LogP contribution in [0.2, 0.25) is 0 Å². The molecule has 1 aromatic heterocycles. The molecular formula is C10H15Br2NO2. The third kappa shape index (κ3) is 3.21. The van der Waals surface area contributed by atoms with Crippen molar-refractivity contribution in [3.8, 4) is 0 Å². The van der Waals surface area contributed by atoms with Crippen LogP contribution < -0.4 is 5.56 Å². The highest BCUT2D eigenvalue weighted by Crippen LogP contribution is 2.15. The maximum atomic E-state index is 11.7. The van der Waals surface area contributed by atoms with E-state index in [0.29, 0.717) is 16.7 Å². The monoisotopic (exact) mass is 339 g/mol. The van der Waals surface area contributed by atoms with E-state index >= 15 is 0 Å². The lowest BCUT2D eigenvalue weighted by atomic mass is 10.1. The number of halogens is 2. The molecule has 1 rings (SSSR count). The molecule has 0 N–H and O–H groups in total. The summed E-state index contributed by atoms with van der Waals surface area (Å²) >= 11 is 6.54. The SMILES string of the molecule is CC(C)CCc1on(CBr)c(=O)c1CBr. The van der Waals surface area contributed by atoms with Crippen LogP contribution in [0.5, 0.6) is 0 Å². The summed E-state index contributed by atoms with van der Waals surface area (Å²) in [7, 11) is 0. The maximum Gasteiger partial charge on any atom is 0.287 e. The number of nitrogens with zero attached hydrogens (tertiary/aromatic N) is 1. The van der Waals surface area contributed by atoms with Crippen LogP contribution in [0.15, 0.2) is 9.32 Å². The normalized spacial score (nSPS) is 11.3. The highest BCUT2D eigenvalue weighted by molar-refractivity contribution is 9.08. The van der Waals surface area contributed by atoms with Gasteiger partial charge in [-0.05, 0) is 12.3 Å². The number of alkyl halides is 2. The third-order valence-corrected chi connectivity index (χ3v) is 3.25. The molecule has 0 spiro atoms. The Morgan fingerprint density at radius 2 is 2.07 bits per heavy atom. The summed E-state index contributed by atoms with van der Waals surface area (Å²) in [6, 6.07) is 0. The van der Waals surface area contributed by atoms with E-state index in [1.165, 1.54) is 4.74 Å². The third-order valence-electron chi connectivity index (χ3n) is 2.23. The van der Waals surface area contributed by atoms with Crippen molar-refractivity contribution in [3.63, 3.8) is 0 Å². The van der Waals surface area contributed by atoms with Crippen molar-refractivity contribution < 1.29 is 4.52 Å². The Balaban J connectivity index is 2.91. The van der Waals surface area contributed by atoms with E-state index in [4.69, 9.17) is 4.52 Å². The summed E-state index contributed by atoms with van der Waals surface area (Å²) in [5.74, 6) is 1.43. The average molecular weight is 341 g/mol. The lowest BCUT2D eigenvalue weighted by Crippen LogP contribution is -2.14. The molecule has 0 unspecified atom stereocenters. The summed E-state index contributed by atoms with van der Waals surface area (Å²) in [6.07, 6.45) is 1.86. The Labute approximate surface area is 106 Å². The van der Waals surface area contributed by atoms with E-state index in [-0.39, 0.29) is 5.56 Å². The van der Waals surface area contributed by atoms with Crippen LogP contribution in [-0.2, 0) is 17.2 Å². The largest absolute Gasteiger partial charge is 0.380 e. The second-order valence-corrected chi connectivity index (χ2v) is 4.92. The summed E-state index contributed by atoms with van der Waals surface area (Å²) < 4.78 is 6.80. The Hall–Kier alpha value is -0.0300. The Bertz CT molecular complexity index is 368. The van der Waals surface area contributed by atoms with Gasteiger partial charge in [0.05, 0.1) is 5.56 Å². The van der Waals surface area contributed by atoms with E-state index in [1.807, 2.05) is 0 Å². The first kappa shape index (κ1) is 13.0. The standard InChI is InChI=1S/C10H15Br2NO2/c1-7(2)3-4-9-8(5-11)10(14)13(6-12)15-9/h7H,3-6H2,1-2H3. The van der Waals surface area contributed by atoms with Gasteiger partial charge in [-0.1, -0.05) is 45.7 Å². The van der Waals surface area contributed by atoms with Crippen LogP contribution >= 0.6 is 31.9 Å². The van der Waals surface area contributed by atoms with Gasteiger partial charge in [-0.25, -0.2) is 0 Å². The summed E-state index contributed by atoms with van der Waals surface area (Å²) in [5.41, 5.74) is 1.12. The van der Waals surface area contributed by atoms with Crippen molar-refractivity contribution in [3.05, 3.63) is 21.7 Å². The lowest BCUT2D eigenvalue weighted by molar-refractivity contribution is 0.269. The van der Waals surface area contributed by atoms with Crippen LogP contribution in [0.4, 0.5) is 0 Å². The van der Waals surface area contributed by atoms with Crippen LogP contribution in [0, 0.1) is 5.92 Å². The molecule has 0 aliphatic rings. The topological polar surface area (TPSA) is 35.1 Å². The van der Waals surface area contributed by atoms with Gasteiger partial charge in [0.2, 0.25) is 0 Å². The first-order valence-corrected chi connectivity index (χ1v) is 7.18. The molecule has 15 heavy (non-hydrogen) atoms. The molecule has 3 nitrogen and oxygen atoms in total. The molecule has 0 radical (unpaired) electrons. The fraction of sp³-hybridized carbons (Fsp3) is 0.700.